The van der Waals surface area contributed by atoms with E-state index in [9.17, 15) is 14.4 Å². The molecule has 0 saturated carbocycles. The molecule has 7 nitrogen and oxygen atoms in total. The maximum absolute atomic E-state index is 11.4. The zero-order valence-electron chi connectivity index (χ0n) is 17.5. The molecule has 0 aliphatic heterocycles. The molecule has 7 heteroatoms. The van der Waals surface area contributed by atoms with Crippen LogP contribution < -0.4 is 0 Å². The molecule has 0 radical (unpaired) electrons. The van der Waals surface area contributed by atoms with Crippen LogP contribution in [-0.2, 0) is 23.9 Å². The van der Waals surface area contributed by atoms with Crippen LogP contribution in [-0.4, -0.2) is 37.2 Å². The van der Waals surface area contributed by atoms with Gasteiger partial charge in [0.2, 0.25) is 0 Å². The van der Waals surface area contributed by atoms with E-state index in [0.29, 0.717) is 38.5 Å². The number of unbranched alkanes of at least 4 members (excludes halogenated alkanes) is 1. The third kappa shape index (κ3) is 13.7. The third-order valence-corrected chi connectivity index (χ3v) is 4.36. The minimum Gasteiger partial charge on any atom is -0.481 e. The highest BCUT2D eigenvalue weighted by Gasteiger charge is 2.22. The molecule has 0 saturated heterocycles. The van der Waals surface area contributed by atoms with Crippen molar-refractivity contribution in [3.63, 3.8) is 0 Å². The number of carbonyl (C=O) groups excluding carboxylic acids is 2. The molecule has 0 rings (SSSR count). The van der Waals surface area contributed by atoms with E-state index in [4.69, 9.17) is 15.1 Å². The maximum Gasteiger partial charge on any atom is 0.308 e. The van der Waals surface area contributed by atoms with Gasteiger partial charge in [-0.05, 0) is 37.5 Å². The van der Waals surface area contributed by atoms with Gasteiger partial charge in [0.05, 0.1) is 32.1 Å². The van der Waals surface area contributed by atoms with Crippen molar-refractivity contribution in [2.45, 2.75) is 66.2 Å². The van der Waals surface area contributed by atoms with Gasteiger partial charge in [0.1, 0.15) is 0 Å². The zero-order valence-corrected chi connectivity index (χ0v) is 17.5. The van der Waals surface area contributed by atoms with Gasteiger partial charge >= 0.3 is 17.9 Å². The normalized spacial score (nSPS) is 12.4. The number of nitrogens with zero attached hydrogens (tertiary/aromatic N) is 1. The summed E-state index contributed by atoms with van der Waals surface area (Å²) in [6.07, 6.45) is 3.43. The van der Waals surface area contributed by atoms with Gasteiger partial charge in [0, 0.05) is 12.8 Å². The molecule has 156 valence electrons. The van der Waals surface area contributed by atoms with E-state index < -0.39 is 5.97 Å². The molecular formula is C20H35NO6. The Morgan fingerprint density at radius 1 is 0.926 bits per heavy atom. The number of carboxylic acid groups (broad SMARTS) is 1. The Kier molecular flexibility index (Phi) is 16.2. The number of rotatable bonds is 11. The predicted octanol–water partition coefficient (Wildman–Crippen LogP) is 3.81. The minimum atomic E-state index is -0.747. The van der Waals surface area contributed by atoms with Gasteiger partial charge in [-0.25, -0.2) is 0 Å². The van der Waals surface area contributed by atoms with Gasteiger partial charge < -0.3 is 14.6 Å². The van der Waals surface area contributed by atoms with E-state index in [1.54, 1.807) is 0 Å². The highest BCUT2D eigenvalue weighted by molar-refractivity contribution is 5.73. The molecule has 27 heavy (non-hydrogen) atoms. The zero-order chi connectivity index (χ0) is 21.4. The van der Waals surface area contributed by atoms with Gasteiger partial charge in [-0.1, -0.05) is 27.7 Å². The van der Waals surface area contributed by atoms with E-state index in [1.165, 1.54) is 14.2 Å². The number of aliphatic carboxylic acids is 1. The number of esters is 2. The Bertz CT molecular complexity index is 481. The average Bonchev–Trinajstić information content (AvgIpc) is 2.61. The van der Waals surface area contributed by atoms with Gasteiger partial charge in [-0.3, -0.25) is 14.4 Å². The summed E-state index contributed by atoms with van der Waals surface area (Å²) in [4.78, 5) is 32.9. The van der Waals surface area contributed by atoms with E-state index in [1.807, 2.05) is 33.8 Å². The van der Waals surface area contributed by atoms with Crippen LogP contribution in [0.4, 0.5) is 0 Å². The second-order valence-electron chi connectivity index (χ2n) is 7.08. The van der Waals surface area contributed by atoms with E-state index >= 15 is 0 Å². The number of methoxy groups -OCH3 is 2. The van der Waals surface area contributed by atoms with E-state index in [2.05, 4.69) is 4.74 Å². The van der Waals surface area contributed by atoms with Crippen molar-refractivity contribution in [1.82, 2.24) is 0 Å². The molecule has 0 aromatic heterocycles. The quantitative estimate of drug-likeness (QED) is 0.425. The summed E-state index contributed by atoms with van der Waals surface area (Å²) < 4.78 is 9.23. The predicted molar refractivity (Wildman–Crippen MR) is 102 cm³/mol. The first-order valence-electron chi connectivity index (χ1n) is 9.36. The van der Waals surface area contributed by atoms with Crippen LogP contribution in [0.2, 0.25) is 0 Å². The number of ether oxygens (including phenoxy) is 2. The molecule has 0 aromatic rings. The molecular weight excluding hydrogens is 350 g/mol. The number of hydrogen-bond donors (Lipinski definition) is 1. The lowest BCUT2D eigenvalue weighted by Crippen LogP contribution is -2.21. The summed E-state index contributed by atoms with van der Waals surface area (Å²) in [5.41, 5.74) is 0. The molecule has 0 bridgehead atoms. The topological polar surface area (TPSA) is 114 Å². The van der Waals surface area contributed by atoms with Crippen molar-refractivity contribution in [3.05, 3.63) is 0 Å². The minimum absolute atomic E-state index is 0.125. The summed E-state index contributed by atoms with van der Waals surface area (Å²) in [5.74, 6) is -1.21. The fourth-order valence-electron chi connectivity index (χ4n) is 2.59. The van der Waals surface area contributed by atoms with Gasteiger partial charge in [-0.15, -0.1) is 0 Å². The van der Waals surface area contributed by atoms with Crippen molar-refractivity contribution in [1.29, 1.82) is 5.26 Å². The Hall–Kier alpha value is -2.10. The second kappa shape index (κ2) is 16.1. The Labute approximate surface area is 163 Å². The molecule has 1 N–H and O–H groups in total. The fraction of sp³-hybridized carbons (Fsp3) is 0.800. The molecule has 0 heterocycles. The SMILES string of the molecule is CC(C)[C@H](CCCC#N)C(=O)O.COC(=O)CCC[C@H](C(=O)OC)C(C)C. The summed E-state index contributed by atoms with van der Waals surface area (Å²) >= 11 is 0. The molecule has 0 amide bonds. The first kappa shape index (κ1) is 27.1. The maximum atomic E-state index is 11.4. The van der Waals surface area contributed by atoms with Crippen LogP contribution in [0.1, 0.15) is 66.2 Å². The van der Waals surface area contributed by atoms with Crippen LogP contribution in [0.15, 0.2) is 0 Å². The third-order valence-electron chi connectivity index (χ3n) is 4.36. The van der Waals surface area contributed by atoms with Crippen LogP contribution in [0.5, 0.6) is 0 Å². The first-order chi connectivity index (χ1) is 12.6. The van der Waals surface area contributed by atoms with Gasteiger partial charge in [0.25, 0.3) is 0 Å². The number of carbonyl (C=O) groups is 3. The summed E-state index contributed by atoms with van der Waals surface area (Å²) in [5, 5.41) is 17.0. The Morgan fingerprint density at radius 3 is 1.81 bits per heavy atom. The van der Waals surface area contributed by atoms with E-state index in [-0.39, 0.29) is 35.6 Å². The van der Waals surface area contributed by atoms with Crippen LogP contribution >= 0.6 is 0 Å². The lowest BCUT2D eigenvalue weighted by atomic mass is 9.91. The second-order valence-corrected chi connectivity index (χ2v) is 7.08. The highest BCUT2D eigenvalue weighted by Crippen LogP contribution is 2.20. The number of nitriles is 1. The van der Waals surface area contributed by atoms with Crippen LogP contribution in [0, 0.1) is 35.0 Å². The van der Waals surface area contributed by atoms with Crippen molar-refractivity contribution >= 4 is 17.9 Å². The van der Waals surface area contributed by atoms with Crippen molar-refractivity contribution < 1.29 is 29.0 Å². The van der Waals surface area contributed by atoms with Crippen molar-refractivity contribution in [2.24, 2.45) is 23.7 Å². The van der Waals surface area contributed by atoms with Gasteiger partial charge in [0.15, 0.2) is 0 Å². The van der Waals surface area contributed by atoms with Crippen LogP contribution in [0.25, 0.3) is 0 Å². The summed E-state index contributed by atoms with van der Waals surface area (Å²) in [7, 11) is 2.75. The molecule has 0 aliphatic carbocycles. The van der Waals surface area contributed by atoms with Crippen LogP contribution in [0.3, 0.4) is 0 Å². The van der Waals surface area contributed by atoms with E-state index in [0.717, 1.165) is 0 Å². The molecule has 2 atom stereocenters. The average molecular weight is 386 g/mol. The fourth-order valence-corrected chi connectivity index (χ4v) is 2.59. The van der Waals surface area contributed by atoms with Crippen molar-refractivity contribution in [3.8, 4) is 6.07 Å². The molecule has 0 aliphatic rings. The highest BCUT2D eigenvalue weighted by atomic mass is 16.5. The van der Waals surface area contributed by atoms with Gasteiger partial charge in [-0.2, -0.15) is 5.26 Å². The molecule has 0 aromatic carbocycles. The standard InChI is InChI=1S/C11H20O4.C9H15NO2/c1-8(2)9(11(13)15-4)6-5-7-10(12)14-3;1-7(2)8(9(11)12)5-3-4-6-10/h8-9H,5-7H2,1-4H3;7-8H,3-5H2,1-2H3,(H,11,12)/t9-;8-/m00/s1. The lowest BCUT2D eigenvalue weighted by molar-refractivity contribution is -0.148. The molecule has 0 unspecified atom stereocenters. The number of hydrogen-bond acceptors (Lipinski definition) is 6. The largest absolute Gasteiger partial charge is 0.481 e. The van der Waals surface area contributed by atoms with Crippen molar-refractivity contribution in [2.75, 3.05) is 14.2 Å². The smallest absolute Gasteiger partial charge is 0.308 e. The molecule has 0 fully saturated rings. The summed E-state index contributed by atoms with van der Waals surface area (Å²) in [6, 6.07) is 2.01. The first-order valence-corrected chi connectivity index (χ1v) is 9.36. The molecule has 0 spiro atoms. The number of carboxylic acids is 1. The summed E-state index contributed by atoms with van der Waals surface area (Å²) in [6.45, 7) is 7.73. The lowest BCUT2D eigenvalue weighted by Gasteiger charge is -2.17. The monoisotopic (exact) mass is 385 g/mol. The Balaban J connectivity index is 0. The Morgan fingerprint density at radius 2 is 1.44 bits per heavy atom.